The van der Waals surface area contributed by atoms with E-state index in [1.807, 2.05) is 0 Å². The summed E-state index contributed by atoms with van der Waals surface area (Å²) in [7, 11) is 0. The molecule has 0 bridgehead atoms. The van der Waals surface area contributed by atoms with Crippen LogP contribution in [0.1, 0.15) is 23.1 Å². The quantitative estimate of drug-likeness (QED) is 0.769. The van der Waals surface area contributed by atoms with Crippen LogP contribution in [0.4, 0.5) is 8.78 Å². The molecule has 0 amide bonds. The highest BCUT2D eigenvalue weighted by atomic mass is 19.1. The van der Waals surface area contributed by atoms with Gasteiger partial charge < -0.3 is 0 Å². The van der Waals surface area contributed by atoms with E-state index in [0.717, 1.165) is 11.1 Å². The zero-order valence-electron chi connectivity index (χ0n) is 10.1. The van der Waals surface area contributed by atoms with E-state index in [0.29, 0.717) is 6.54 Å². The highest BCUT2D eigenvalue weighted by molar-refractivity contribution is 5.30. The van der Waals surface area contributed by atoms with Crippen LogP contribution in [-0.2, 0) is 0 Å². The van der Waals surface area contributed by atoms with E-state index < -0.39 is 0 Å². The van der Waals surface area contributed by atoms with Crippen molar-refractivity contribution >= 4 is 0 Å². The minimum atomic E-state index is -0.267. The SMILES string of the molecule is Fc1ccc(C2CN=NC2c2ccc(F)cc2)cc1. The van der Waals surface area contributed by atoms with Gasteiger partial charge in [0.2, 0.25) is 0 Å². The van der Waals surface area contributed by atoms with Gasteiger partial charge in [-0.25, -0.2) is 8.78 Å². The Morgan fingerprint density at radius 3 is 1.89 bits per heavy atom. The lowest BCUT2D eigenvalue weighted by Crippen LogP contribution is -2.08. The second kappa shape index (κ2) is 4.88. The molecule has 3 rings (SSSR count). The lowest BCUT2D eigenvalue weighted by Gasteiger charge is -2.17. The van der Waals surface area contributed by atoms with Gasteiger partial charge in [0.05, 0.1) is 6.54 Å². The molecule has 19 heavy (non-hydrogen) atoms. The molecule has 96 valence electrons. The van der Waals surface area contributed by atoms with Crippen molar-refractivity contribution in [3.05, 3.63) is 71.3 Å². The van der Waals surface area contributed by atoms with Gasteiger partial charge >= 0.3 is 0 Å². The summed E-state index contributed by atoms with van der Waals surface area (Å²) in [5.41, 5.74) is 1.93. The van der Waals surface area contributed by atoms with Crippen LogP contribution < -0.4 is 0 Å². The highest BCUT2D eigenvalue weighted by Gasteiger charge is 2.28. The van der Waals surface area contributed by atoms with Crippen LogP contribution in [0.3, 0.4) is 0 Å². The Bertz CT molecular complexity index is 591. The summed E-state index contributed by atoms with van der Waals surface area (Å²) in [6.45, 7) is 0.577. The van der Waals surface area contributed by atoms with Gasteiger partial charge in [-0.05, 0) is 35.4 Å². The molecular weight excluding hydrogens is 246 g/mol. The third kappa shape index (κ3) is 2.38. The molecule has 2 aromatic carbocycles. The van der Waals surface area contributed by atoms with Gasteiger partial charge in [-0.15, -0.1) is 0 Å². The number of hydrogen-bond donors (Lipinski definition) is 0. The third-order valence-electron chi connectivity index (χ3n) is 3.38. The number of halogens is 2. The van der Waals surface area contributed by atoms with Gasteiger partial charge in [0.25, 0.3) is 0 Å². The van der Waals surface area contributed by atoms with Crippen molar-refractivity contribution in [1.29, 1.82) is 0 Å². The number of nitrogens with zero attached hydrogens (tertiary/aromatic N) is 2. The summed E-state index contributed by atoms with van der Waals surface area (Å²) in [4.78, 5) is 0. The smallest absolute Gasteiger partial charge is 0.123 e. The van der Waals surface area contributed by atoms with Crippen molar-refractivity contribution < 1.29 is 8.78 Å². The lowest BCUT2D eigenvalue weighted by atomic mass is 9.88. The standard InChI is InChI=1S/C15H12F2N2/c16-12-5-1-10(2-6-12)14-9-18-19-15(14)11-3-7-13(17)8-4-11/h1-8,14-15H,9H2. The van der Waals surface area contributed by atoms with E-state index in [1.165, 1.54) is 24.3 Å². The number of rotatable bonds is 2. The van der Waals surface area contributed by atoms with E-state index in [2.05, 4.69) is 10.2 Å². The van der Waals surface area contributed by atoms with Gasteiger partial charge in [0, 0.05) is 5.92 Å². The first-order chi connectivity index (χ1) is 9.24. The van der Waals surface area contributed by atoms with Crippen LogP contribution in [0.15, 0.2) is 58.8 Å². The number of azo groups is 1. The number of hydrogen-bond acceptors (Lipinski definition) is 2. The molecule has 2 aromatic rings. The molecule has 2 unspecified atom stereocenters. The summed E-state index contributed by atoms with van der Waals surface area (Å²) < 4.78 is 25.9. The van der Waals surface area contributed by atoms with E-state index in [4.69, 9.17) is 0 Å². The molecule has 0 aromatic heterocycles. The van der Waals surface area contributed by atoms with Gasteiger partial charge in [-0.1, -0.05) is 24.3 Å². The zero-order chi connectivity index (χ0) is 13.2. The molecule has 0 saturated heterocycles. The fourth-order valence-electron chi connectivity index (χ4n) is 2.36. The fraction of sp³-hybridized carbons (Fsp3) is 0.200. The van der Waals surface area contributed by atoms with Crippen molar-refractivity contribution in [2.45, 2.75) is 12.0 Å². The molecule has 0 fully saturated rings. The van der Waals surface area contributed by atoms with Crippen LogP contribution in [0.2, 0.25) is 0 Å². The fourth-order valence-corrected chi connectivity index (χ4v) is 2.36. The summed E-state index contributed by atoms with van der Waals surface area (Å²) in [5.74, 6) is -0.433. The minimum Gasteiger partial charge on any atom is -0.207 e. The predicted octanol–water partition coefficient (Wildman–Crippen LogP) is 4.26. The van der Waals surface area contributed by atoms with Crippen LogP contribution in [0.5, 0.6) is 0 Å². The first kappa shape index (κ1) is 12.0. The van der Waals surface area contributed by atoms with E-state index in [9.17, 15) is 8.78 Å². The Morgan fingerprint density at radius 2 is 1.32 bits per heavy atom. The Labute approximate surface area is 109 Å². The van der Waals surface area contributed by atoms with Gasteiger partial charge in [0.1, 0.15) is 17.7 Å². The van der Waals surface area contributed by atoms with Crippen molar-refractivity contribution in [1.82, 2.24) is 0 Å². The molecular formula is C15H12F2N2. The molecule has 4 heteroatoms. The van der Waals surface area contributed by atoms with Crippen molar-refractivity contribution in [3.8, 4) is 0 Å². The first-order valence-corrected chi connectivity index (χ1v) is 6.11. The largest absolute Gasteiger partial charge is 0.207 e. The van der Waals surface area contributed by atoms with Crippen LogP contribution in [-0.4, -0.2) is 6.54 Å². The van der Waals surface area contributed by atoms with Crippen molar-refractivity contribution in [3.63, 3.8) is 0 Å². The second-order valence-corrected chi connectivity index (χ2v) is 4.59. The molecule has 0 radical (unpaired) electrons. The van der Waals surface area contributed by atoms with E-state index in [1.54, 1.807) is 24.3 Å². The third-order valence-corrected chi connectivity index (χ3v) is 3.38. The second-order valence-electron chi connectivity index (χ2n) is 4.59. The van der Waals surface area contributed by atoms with Crippen molar-refractivity contribution in [2.75, 3.05) is 6.54 Å². The maximum Gasteiger partial charge on any atom is 0.123 e. The molecule has 2 atom stereocenters. The predicted molar refractivity (Wildman–Crippen MR) is 68.0 cm³/mol. The topological polar surface area (TPSA) is 24.7 Å². The Hall–Kier alpha value is -2.10. The highest BCUT2D eigenvalue weighted by Crippen LogP contribution is 2.38. The Kier molecular flexibility index (Phi) is 3.07. The summed E-state index contributed by atoms with van der Waals surface area (Å²) in [5, 5.41) is 8.31. The summed E-state index contributed by atoms with van der Waals surface area (Å²) in [6.07, 6.45) is 0. The Balaban J connectivity index is 1.90. The molecule has 0 saturated carbocycles. The minimum absolute atomic E-state index is 0.0889. The maximum absolute atomic E-state index is 12.9. The normalized spacial score (nSPS) is 21.8. The lowest BCUT2D eigenvalue weighted by molar-refractivity contribution is 0.608. The molecule has 0 spiro atoms. The molecule has 2 nitrogen and oxygen atoms in total. The van der Waals surface area contributed by atoms with E-state index >= 15 is 0 Å². The molecule has 0 aliphatic carbocycles. The average Bonchev–Trinajstić information content (AvgIpc) is 2.90. The summed E-state index contributed by atoms with van der Waals surface area (Å²) >= 11 is 0. The number of benzene rings is 2. The summed E-state index contributed by atoms with van der Waals surface area (Å²) in [6, 6.07) is 12.6. The van der Waals surface area contributed by atoms with Crippen molar-refractivity contribution in [2.24, 2.45) is 10.2 Å². The van der Waals surface area contributed by atoms with Gasteiger partial charge in [0.15, 0.2) is 0 Å². The Morgan fingerprint density at radius 1 is 0.789 bits per heavy atom. The van der Waals surface area contributed by atoms with Crippen LogP contribution in [0.25, 0.3) is 0 Å². The van der Waals surface area contributed by atoms with Gasteiger partial charge in [-0.2, -0.15) is 10.2 Å². The molecule has 1 aliphatic heterocycles. The molecule has 0 N–H and O–H groups in total. The molecule has 1 heterocycles. The first-order valence-electron chi connectivity index (χ1n) is 6.11. The van der Waals surface area contributed by atoms with Crippen LogP contribution >= 0.6 is 0 Å². The molecule has 1 aliphatic rings. The van der Waals surface area contributed by atoms with Crippen LogP contribution in [0, 0.1) is 11.6 Å². The van der Waals surface area contributed by atoms with E-state index in [-0.39, 0.29) is 23.6 Å². The monoisotopic (exact) mass is 258 g/mol. The average molecular weight is 258 g/mol. The zero-order valence-corrected chi connectivity index (χ0v) is 10.1. The maximum atomic E-state index is 12.9. The van der Waals surface area contributed by atoms with Gasteiger partial charge in [-0.3, -0.25) is 0 Å².